The average molecular weight is 593 g/mol. The summed E-state index contributed by atoms with van der Waals surface area (Å²) in [5, 5.41) is 9.62. The molecule has 0 radical (unpaired) electrons. The summed E-state index contributed by atoms with van der Waals surface area (Å²) in [5.74, 6) is 1.33. The van der Waals surface area contributed by atoms with Gasteiger partial charge in [-0.05, 0) is 77.5 Å². The zero-order chi connectivity index (χ0) is 31.6. The fourth-order valence-electron chi connectivity index (χ4n) is 4.37. The minimum absolute atomic E-state index is 0.218. The number of nitrogens with one attached hydrogen (secondary N) is 3. The van der Waals surface area contributed by atoms with Crippen molar-refractivity contribution >= 4 is 46.1 Å². The zero-order valence-electron chi connectivity index (χ0n) is 26.3. The Morgan fingerprint density at radius 2 is 1.72 bits per heavy atom. The molecule has 0 unspecified atom stereocenters. The molecular weight excluding hydrogens is 548 g/mol. The van der Waals surface area contributed by atoms with Crippen molar-refractivity contribution in [3.63, 3.8) is 0 Å². The first kappa shape index (κ1) is 33.1. The van der Waals surface area contributed by atoms with Crippen molar-refractivity contribution in [2.75, 3.05) is 55.9 Å². The first-order valence-electron chi connectivity index (χ1n) is 14.4. The van der Waals surface area contributed by atoms with E-state index in [1.54, 1.807) is 44.7 Å². The van der Waals surface area contributed by atoms with Gasteiger partial charge in [-0.3, -0.25) is 15.0 Å². The number of hydrogen-bond acceptors (Lipinski definition) is 9. The number of urea groups is 1. The summed E-state index contributed by atoms with van der Waals surface area (Å²) < 4.78 is 10.9. The lowest BCUT2D eigenvalue weighted by Crippen LogP contribution is -2.43. The third kappa shape index (κ3) is 9.27. The zero-order valence-corrected chi connectivity index (χ0v) is 26.3. The molecule has 3 aromatic rings. The van der Waals surface area contributed by atoms with E-state index in [2.05, 4.69) is 56.2 Å². The summed E-state index contributed by atoms with van der Waals surface area (Å²) in [5.41, 5.74) is 0.966. The number of rotatable bonds is 14. The summed E-state index contributed by atoms with van der Waals surface area (Å²) in [6, 6.07) is 6.70. The molecule has 43 heavy (non-hydrogen) atoms. The van der Waals surface area contributed by atoms with Crippen molar-refractivity contribution in [1.82, 2.24) is 25.2 Å². The molecule has 0 atom stereocenters. The Kier molecular flexibility index (Phi) is 11.6. The van der Waals surface area contributed by atoms with Crippen LogP contribution in [-0.4, -0.2) is 77.7 Å². The van der Waals surface area contributed by atoms with Gasteiger partial charge in [0.15, 0.2) is 11.5 Å². The van der Waals surface area contributed by atoms with Gasteiger partial charge in [0.1, 0.15) is 11.5 Å². The molecule has 0 aliphatic carbocycles. The fourth-order valence-corrected chi connectivity index (χ4v) is 4.37. The summed E-state index contributed by atoms with van der Waals surface area (Å²) >= 11 is 0. The second kappa shape index (κ2) is 15.1. The van der Waals surface area contributed by atoms with Crippen molar-refractivity contribution in [2.45, 2.75) is 53.0 Å². The van der Waals surface area contributed by atoms with Gasteiger partial charge in [-0.15, -0.1) is 0 Å². The number of ether oxygens (including phenoxy) is 2. The summed E-state index contributed by atoms with van der Waals surface area (Å²) in [6.45, 7) is 16.9. The second-order valence-corrected chi connectivity index (χ2v) is 10.9. The van der Waals surface area contributed by atoms with Crippen molar-refractivity contribution in [1.29, 1.82) is 0 Å². The van der Waals surface area contributed by atoms with E-state index in [0.29, 0.717) is 40.5 Å². The van der Waals surface area contributed by atoms with Gasteiger partial charge in [-0.25, -0.2) is 14.8 Å². The van der Waals surface area contributed by atoms with Gasteiger partial charge in [-0.2, -0.15) is 4.98 Å². The number of amides is 3. The highest BCUT2D eigenvalue weighted by molar-refractivity contribution is 6.00. The number of anilines is 4. The Morgan fingerprint density at radius 3 is 2.35 bits per heavy atom. The van der Waals surface area contributed by atoms with Crippen molar-refractivity contribution < 1.29 is 19.1 Å². The van der Waals surface area contributed by atoms with Gasteiger partial charge in [0, 0.05) is 29.7 Å². The standard InChI is InChI=1S/C31H44N8O4/c1-9-26(40)39(17-13-12-16-38(10-2)11-3)29-32-20-21-18-24(33-23-15-14-22(42-7)19-25(23)43-8)28(34-27(21)35-29)36-30(41)37-31(4,5)6/h9,14-15,18-20,33H,1,10-13,16-17H2,2-8H3,(H2,32,34,35,36,37,41). The quantitative estimate of drug-likeness (QED) is 0.167. The highest BCUT2D eigenvalue weighted by Crippen LogP contribution is 2.35. The molecule has 0 saturated carbocycles. The predicted octanol–water partition coefficient (Wildman–Crippen LogP) is 5.35. The Labute approximate surface area is 253 Å². The highest BCUT2D eigenvalue weighted by atomic mass is 16.5. The van der Waals surface area contributed by atoms with E-state index in [1.165, 1.54) is 11.0 Å². The van der Waals surface area contributed by atoms with Gasteiger partial charge in [-0.1, -0.05) is 20.4 Å². The van der Waals surface area contributed by atoms with Crippen LogP contribution in [0.25, 0.3) is 11.0 Å². The molecule has 0 bridgehead atoms. The minimum atomic E-state index is -0.472. The third-order valence-corrected chi connectivity index (χ3v) is 6.64. The SMILES string of the molecule is C=CC(=O)N(CCCCN(CC)CC)c1ncc2cc(Nc3ccc(OC)cc3OC)c(NC(=O)NC(C)(C)C)nc2n1. The monoisotopic (exact) mass is 592 g/mol. The van der Waals surface area contributed by atoms with Gasteiger partial charge in [0.25, 0.3) is 5.91 Å². The van der Waals surface area contributed by atoms with Crippen LogP contribution in [0, 0.1) is 0 Å². The van der Waals surface area contributed by atoms with Gasteiger partial charge in [0.05, 0.1) is 25.6 Å². The molecule has 2 heterocycles. The molecule has 1 aromatic carbocycles. The maximum atomic E-state index is 12.9. The number of fused-ring (bicyclic) bond motifs is 1. The maximum Gasteiger partial charge on any atom is 0.320 e. The molecule has 0 spiro atoms. The molecule has 3 N–H and O–H groups in total. The molecule has 2 aromatic heterocycles. The number of aromatic nitrogens is 3. The first-order valence-corrected chi connectivity index (χ1v) is 14.4. The number of pyridine rings is 1. The lowest BCUT2D eigenvalue weighted by molar-refractivity contribution is -0.114. The molecular formula is C31H44N8O4. The van der Waals surface area contributed by atoms with Crippen molar-refractivity contribution in [3.05, 3.63) is 43.1 Å². The predicted molar refractivity (Wildman–Crippen MR) is 172 cm³/mol. The number of methoxy groups -OCH3 is 2. The van der Waals surface area contributed by atoms with Crippen LogP contribution < -0.4 is 30.3 Å². The lowest BCUT2D eigenvalue weighted by atomic mass is 10.1. The van der Waals surface area contributed by atoms with E-state index >= 15 is 0 Å². The number of nitrogens with zero attached hydrogens (tertiary/aromatic N) is 5. The smallest absolute Gasteiger partial charge is 0.320 e. The third-order valence-electron chi connectivity index (χ3n) is 6.64. The number of unbranched alkanes of at least 4 members (excludes halogenated alkanes) is 1. The number of carbonyl (C=O) groups excluding carboxylic acids is 2. The normalized spacial score (nSPS) is 11.3. The van der Waals surface area contributed by atoms with Crippen LogP contribution in [0.1, 0.15) is 47.5 Å². The van der Waals surface area contributed by atoms with E-state index in [4.69, 9.17) is 9.47 Å². The van der Waals surface area contributed by atoms with Crippen LogP contribution in [0.3, 0.4) is 0 Å². The lowest BCUT2D eigenvalue weighted by Gasteiger charge is -2.22. The molecule has 0 aliphatic heterocycles. The Morgan fingerprint density at radius 1 is 1.00 bits per heavy atom. The molecule has 3 rings (SSSR count). The molecule has 12 nitrogen and oxygen atoms in total. The van der Waals surface area contributed by atoms with Crippen LogP contribution >= 0.6 is 0 Å². The molecule has 232 valence electrons. The number of hydrogen-bond donors (Lipinski definition) is 3. The van der Waals surface area contributed by atoms with Crippen LogP contribution in [-0.2, 0) is 4.79 Å². The van der Waals surface area contributed by atoms with Crippen LogP contribution in [0.2, 0.25) is 0 Å². The molecule has 0 saturated heterocycles. The van der Waals surface area contributed by atoms with Crippen molar-refractivity contribution in [3.8, 4) is 11.5 Å². The number of carbonyl (C=O) groups is 2. The summed E-state index contributed by atoms with van der Waals surface area (Å²) in [6.07, 6.45) is 4.57. The maximum absolute atomic E-state index is 12.9. The van der Waals surface area contributed by atoms with Gasteiger partial charge < -0.3 is 25.0 Å². The summed E-state index contributed by atoms with van der Waals surface area (Å²) in [7, 11) is 3.14. The summed E-state index contributed by atoms with van der Waals surface area (Å²) in [4.78, 5) is 43.3. The Bertz CT molecular complexity index is 1420. The minimum Gasteiger partial charge on any atom is -0.497 e. The van der Waals surface area contributed by atoms with Crippen LogP contribution in [0.5, 0.6) is 11.5 Å². The molecule has 12 heteroatoms. The van der Waals surface area contributed by atoms with Gasteiger partial charge in [0.2, 0.25) is 5.95 Å². The molecule has 0 fully saturated rings. The van der Waals surface area contributed by atoms with Crippen LogP contribution in [0.4, 0.5) is 27.9 Å². The number of benzene rings is 1. The second-order valence-electron chi connectivity index (χ2n) is 10.9. The average Bonchev–Trinajstić information content (AvgIpc) is 2.98. The largest absolute Gasteiger partial charge is 0.497 e. The van der Waals surface area contributed by atoms with Crippen LogP contribution in [0.15, 0.2) is 43.1 Å². The van der Waals surface area contributed by atoms with E-state index in [9.17, 15) is 9.59 Å². The Hall–Kier alpha value is -4.45. The Balaban J connectivity index is 1.99. The fraction of sp³-hybridized carbons (Fsp3) is 0.452. The molecule has 3 amide bonds. The first-order chi connectivity index (χ1) is 20.5. The van der Waals surface area contributed by atoms with E-state index in [1.807, 2.05) is 20.8 Å². The highest BCUT2D eigenvalue weighted by Gasteiger charge is 2.20. The topological polar surface area (TPSA) is 134 Å². The van der Waals surface area contributed by atoms with Crippen molar-refractivity contribution in [2.24, 2.45) is 0 Å². The van der Waals surface area contributed by atoms with E-state index < -0.39 is 11.6 Å². The molecule has 0 aliphatic rings. The van der Waals surface area contributed by atoms with E-state index in [0.717, 1.165) is 32.5 Å². The van der Waals surface area contributed by atoms with Gasteiger partial charge >= 0.3 is 6.03 Å². The van der Waals surface area contributed by atoms with E-state index in [-0.39, 0.29) is 17.7 Å².